The van der Waals surface area contributed by atoms with E-state index < -0.39 is 12.5 Å². The van der Waals surface area contributed by atoms with Gasteiger partial charge in [0.1, 0.15) is 0 Å². The SMILES string of the molecule is COP(=O)(OC)c1nc(-c2ccc([N+](=O)[O-])cc2)oc1N1CCOCC1. The van der Waals surface area contributed by atoms with Crippen LogP contribution in [0.1, 0.15) is 0 Å². The van der Waals surface area contributed by atoms with Gasteiger partial charge in [0.05, 0.1) is 18.1 Å². The van der Waals surface area contributed by atoms with Crippen molar-refractivity contribution >= 4 is 24.6 Å². The minimum absolute atomic E-state index is 0.0478. The summed E-state index contributed by atoms with van der Waals surface area (Å²) in [4.78, 5) is 16.5. The third-order valence-electron chi connectivity index (χ3n) is 3.96. The number of morpholine rings is 1. The molecule has 26 heavy (non-hydrogen) atoms. The van der Waals surface area contributed by atoms with Gasteiger partial charge in [-0.05, 0) is 12.1 Å². The Kier molecular flexibility index (Phi) is 5.38. The Bertz CT molecular complexity index is 822. The first-order valence-electron chi connectivity index (χ1n) is 7.79. The third kappa shape index (κ3) is 3.49. The highest BCUT2D eigenvalue weighted by Crippen LogP contribution is 2.48. The number of aromatic nitrogens is 1. The zero-order chi connectivity index (χ0) is 18.7. The Morgan fingerprint density at radius 3 is 2.35 bits per heavy atom. The first-order valence-corrected chi connectivity index (χ1v) is 9.33. The molecule has 0 saturated carbocycles. The Morgan fingerprint density at radius 1 is 1.19 bits per heavy atom. The van der Waals surface area contributed by atoms with Crippen LogP contribution in [0.3, 0.4) is 0 Å². The smallest absolute Gasteiger partial charge is 0.384 e. The van der Waals surface area contributed by atoms with Crippen molar-refractivity contribution in [2.24, 2.45) is 0 Å². The van der Waals surface area contributed by atoms with Crippen LogP contribution in [0.25, 0.3) is 11.5 Å². The summed E-state index contributed by atoms with van der Waals surface area (Å²) < 4.78 is 34.2. The van der Waals surface area contributed by atoms with E-state index in [2.05, 4.69) is 4.98 Å². The van der Waals surface area contributed by atoms with Gasteiger partial charge in [0.15, 0.2) is 0 Å². The molecule has 0 amide bonds. The highest BCUT2D eigenvalue weighted by Gasteiger charge is 2.36. The molecule has 0 bridgehead atoms. The minimum Gasteiger partial charge on any atom is -0.419 e. The van der Waals surface area contributed by atoms with Crippen LogP contribution >= 0.6 is 7.60 Å². The van der Waals surface area contributed by atoms with Crippen molar-refractivity contribution in [1.82, 2.24) is 4.98 Å². The molecular formula is C15H18N3O7P. The van der Waals surface area contributed by atoms with Gasteiger partial charge in [-0.1, -0.05) is 0 Å². The fraction of sp³-hybridized carbons (Fsp3) is 0.400. The predicted octanol–water partition coefficient (Wildman–Crippen LogP) is 2.20. The molecule has 3 rings (SSSR count). The first-order chi connectivity index (χ1) is 12.5. The van der Waals surface area contributed by atoms with Crippen LogP contribution < -0.4 is 10.3 Å². The highest BCUT2D eigenvalue weighted by molar-refractivity contribution is 7.62. The summed E-state index contributed by atoms with van der Waals surface area (Å²) in [5.41, 5.74) is 0.529. The fourth-order valence-electron chi connectivity index (χ4n) is 2.55. The fourth-order valence-corrected chi connectivity index (χ4v) is 3.68. The van der Waals surface area contributed by atoms with Crippen molar-refractivity contribution in [3.05, 3.63) is 34.4 Å². The van der Waals surface area contributed by atoms with Crippen LogP contribution in [0.15, 0.2) is 28.7 Å². The van der Waals surface area contributed by atoms with Crippen molar-refractivity contribution in [1.29, 1.82) is 0 Å². The summed E-state index contributed by atoms with van der Waals surface area (Å²) in [6, 6.07) is 5.72. The quantitative estimate of drug-likeness (QED) is 0.420. The summed E-state index contributed by atoms with van der Waals surface area (Å²) in [5.74, 6) is 0.458. The van der Waals surface area contributed by atoms with Crippen LogP contribution in [0, 0.1) is 10.1 Å². The van der Waals surface area contributed by atoms with Crippen LogP contribution in [0.5, 0.6) is 0 Å². The van der Waals surface area contributed by atoms with Gasteiger partial charge in [-0.15, -0.1) is 0 Å². The number of non-ortho nitro benzene ring substituents is 1. The summed E-state index contributed by atoms with van der Waals surface area (Å²) in [6.07, 6.45) is 0. The molecule has 0 atom stereocenters. The number of anilines is 1. The summed E-state index contributed by atoms with van der Waals surface area (Å²) in [6.45, 7) is 2.07. The standard InChI is InChI=1S/C15H18N3O7P/c1-22-26(21,23-2)14-15(17-7-9-24-10-8-17)25-13(16-14)11-3-5-12(6-4-11)18(19)20/h3-6H,7-10H2,1-2H3. The Morgan fingerprint density at radius 2 is 1.81 bits per heavy atom. The van der Waals surface area contributed by atoms with E-state index in [4.69, 9.17) is 18.2 Å². The van der Waals surface area contributed by atoms with Crippen LogP contribution in [-0.4, -0.2) is 50.4 Å². The van der Waals surface area contributed by atoms with Crippen LogP contribution in [0.2, 0.25) is 0 Å². The Balaban J connectivity index is 2.05. The third-order valence-corrected chi connectivity index (χ3v) is 5.73. The monoisotopic (exact) mass is 383 g/mol. The molecule has 2 aromatic rings. The maximum Gasteiger partial charge on any atom is 0.384 e. The van der Waals surface area contributed by atoms with Gasteiger partial charge in [0, 0.05) is 45.0 Å². The van der Waals surface area contributed by atoms with Gasteiger partial charge < -0.3 is 23.1 Å². The Hall–Kier alpha value is -2.26. The van der Waals surface area contributed by atoms with Gasteiger partial charge in [-0.25, -0.2) is 0 Å². The van der Waals surface area contributed by atoms with E-state index in [1.807, 2.05) is 4.90 Å². The average Bonchev–Trinajstić information content (AvgIpc) is 3.14. The lowest BCUT2D eigenvalue weighted by molar-refractivity contribution is -0.384. The number of hydrogen-bond acceptors (Lipinski definition) is 9. The molecule has 0 unspecified atom stereocenters. The first kappa shape index (κ1) is 18.5. The molecule has 1 aromatic heterocycles. The predicted molar refractivity (Wildman–Crippen MR) is 92.9 cm³/mol. The van der Waals surface area contributed by atoms with E-state index in [0.717, 1.165) is 0 Å². The molecule has 1 fully saturated rings. The van der Waals surface area contributed by atoms with E-state index in [-0.39, 0.29) is 22.9 Å². The molecule has 0 spiro atoms. The number of ether oxygens (including phenoxy) is 1. The molecule has 1 saturated heterocycles. The maximum absolute atomic E-state index is 12.9. The molecule has 1 aliphatic rings. The maximum atomic E-state index is 12.9. The van der Waals surface area contributed by atoms with E-state index >= 15 is 0 Å². The van der Waals surface area contributed by atoms with Crippen molar-refractivity contribution in [3.63, 3.8) is 0 Å². The summed E-state index contributed by atoms with van der Waals surface area (Å²) >= 11 is 0. The van der Waals surface area contributed by atoms with E-state index in [1.165, 1.54) is 38.5 Å². The molecule has 11 heteroatoms. The lowest BCUT2D eigenvalue weighted by atomic mass is 10.2. The van der Waals surface area contributed by atoms with Crippen molar-refractivity contribution < 1.29 is 27.7 Å². The number of nitro benzene ring substituents is 1. The molecule has 10 nitrogen and oxygen atoms in total. The van der Waals surface area contributed by atoms with Crippen molar-refractivity contribution in [2.45, 2.75) is 0 Å². The number of oxazole rings is 1. The van der Waals surface area contributed by atoms with E-state index in [0.29, 0.717) is 31.9 Å². The Labute approximate surface area is 149 Å². The molecule has 0 N–H and O–H groups in total. The molecule has 1 aromatic carbocycles. The number of nitro groups is 1. The summed E-state index contributed by atoms with van der Waals surface area (Å²) in [5, 5.41) is 10.8. The zero-order valence-electron chi connectivity index (χ0n) is 14.3. The molecule has 0 radical (unpaired) electrons. The van der Waals surface area contributed by atoms with Crippen LogP contribution in [0.4, 0.5) is 11.6 Å². The van der Waals surface area contributed by atoms with E-state index in [1.54, 1.807) is 0 Å². The second-order valence-corrected chi connectivity index (χ2v) is 7.56. The average molecular weight is 383 g/mol. The van der Waals surface area contributed by atoms with Gasteiger partial charge in [-0.2, -0.15) is 4.98 Å². The van der Waals surface area contributed by atoms with Crippen molar-refractivity contribution in [3.8, 4) is 11.5 Å². The second kappa shape index (κ2) is 7.55. The molecular weight excluding hydrogens is 365 g/mol. The number of benzene rings is 1. The molecule has 2 heterocycles. The second-order valence-electron chi connectivity index (χ2n) is 5.41. The topological polar surface area (TPSA) is 117 Å². The summed E-state index contributed by atoms with van der Waals surface area (Å²) in [7, 11) is -1.12. The zero-order valence-corrected chi connectivity index (χ0v) is 15.2. The molecule has 0 aliphatic carbocycles. The van der Waals surface area contributed by atoms with Gasteiger partial charge >= 0.3 is 7.60 Å². The van der Waals surface area contributed by atoms with Gasteiger partial charge in [0.25, 0.3) is 5.69 Å². The van der Waals surface area contributed by atoms with Crippen LogP contribution in [-0.2, 0) is 18.3 Å². The van der Waals surface area contributed by atoms with Crippen molar-refractivity contribution in [2.75, 3.05) is 45.4 Å². The highest BCUT2D eigenvalue weighted by atomic mass is 31.2. The van der Waals surface area contributed by atoms with Gasteiger partial charge in [0.2, 0.25) is 17.2 Å². The molecule has 140 valence electrons. The number of nitrogens with zero attached hydrogens (tertiary/aromatic N) is 3. The number of rotatable bonds is 6. The lowest BCUT2D eigenvalue weighted by Gasteiger charge is -2.27. The van der Waals surface area contributed by atoms with E-state index in [9.17, 15) is 14.7 Å². The normalized spacial score (nSPS) is 15.2. The minimum atomic E-state index is -3.66. The largest absolute Gasteiger partial charge is 0.419 e. The number of hydrogen-bond donors (Lipinski definition) is 0. The lowest BCUT2D eigenvalue weighted by Crippen LogP contribution is -2.38. The van der Waals surface area contributed by atoms with Gasteiger partial charge in [-0.3, -0.25) is 14.7 Å². The molecule has 1 aliphatic heterocycles.